The van der Waals surface area contributed by atoms with E-state index in [0.717, 1.165) is 12.8 Å². The molecule has 0 saturated heterocycles. The molecule has 96 valence electrons. The zero-order valence-electron chi connectivity index (χ0n) is 10.7. The molecule has 2 nitrogen and oxygen atoms in total. The lowest BCUT2D eigenvalue weighted by Gasteiger charge is -2.28. The molecule has 1 aliphatic rings. The first kappa shape index (κ1) is 12.9. The molecule has 1 fully saturated rings. The Bertz CT molecular complexity index is 389. The zero-order chi connectivity index (χ0) is 12.8. The predicted molar refractivity (Wildman–Crippen MR) is 72.3 cm³/mol. The van der Waals surface area contributed by atoms with Gasteiger partial charge in [-0.25, -0.2) is 4.79 Å². The van der Waals surface area contributed by atoms with Crippen molar-refractivity contribution < 1.29 is 9.53 Å². The molecule has 0 unspecified atom stereocenters. The highest BCUT2D eigenvalue weighted by Crippen LogP contribution is 2.35. The van der Waals surface area contributed by atoms with E-state index in [1.165, 1.54) is 24.5 Å². The highest BCUT2D eigenvalue weighted by molar-refractivity contribution is 5.81. The Hall–Kier alpha value is -1.57. The smallest absolute Gasteiger partial charge is 0.330 e. The number of rotatable bonds is 4. The van der Waals surface area contributed by atoms with Crippen molar-refractivity contribution in [2.24, 2.45) is 5.92 Å². The summed E-state index contributed by atoms with van der Waals surface area (Å²) in [6.45, 7) is 3.95. The van der Waals surface area contributed by atoms with Crippen LogP contribution in [0.2, 0.25) is 0 Å². The van der Waals surface area contributed by atoms with E-state index < -0.39 is 0 Å². The Labute approximate surface area is 109 Å². The van der Waals surface area contributed by atoms with Crippen LogP contribution in [0.15, 0.2) is 43.0 Å². The second-order valence-corrected chi connectivity index (χ2v) is 4.96. The van der Waals surface area contributed by atoms with Gasteiger partial charge in [0.05, 0.1) is 6.61 Å². The Morgan fingerprint density at radius 1 is 1.22 bits per heavy atom. The van der Waals surface area contributed by atoms with Crippen LogP contribution in [0, 0.1) is 5.92 Å². The molecule has 18 heavy (non-hydrogen) atoms. The molecular formula is C16H20O2. The first-order valence-electron chi connectivity index (χ1n) is 6.63. The van der Waals surface area contributed by atoms with E-state index in [0.29, 0.717) is 18.4 Å². The predicted octanol–water partition coefficient (Wildman–Crippen LogP) is 3.69. The molecule has 1 aromatic carbocycles. The molecular weight excluding hydrogens is 224 g/mol. The van der Waals surface area contributed by atoms with Gasteiger partial charge < -0.3 is 4.74 Å². The number of benzene rings is 1. The lowest BCUT2D eigenvalue weighted by atomic mass is 9.79. The van der Waals surface area contributed by atoms with Gasteiger partial charge in [0.15, 0.2) is 0 Å². The van der Waals surface area contributed by atoms with E-state index in [-0.39, 0.29) is 5.97 Å². The minimum Gasteiger partial charge on any atom is -0.462 e. The van der Waals surface area contributed by atoms with E-state index in [1.807, 2.05) is 0 Å². The third kappa shape index (κ3) is 3.46. The van der Waals surface area contributed by atoms with Crippen molar-refractivity contribution in [1.29, 1.82) is 0 Å². The van der Waals surface area contributed by atoms with Crippen LogP contribution in [0.3, 0.4) is 0 Å². The molecule has 1 saturated carbocycles. The van der Waals surface area contributed by atoms with Gasteiger partial charge in [-0.15, -0.1) is 0 Å². The van der Waals surface area contributed by atoms with E-state index in [9.17, 15) is 4.79 Å². The minimum atomic E-state index is -0.305. The van der Waals surface area contributed by atoms with Gasteiger partial charge in [-0.2, -0.15) is 0 Å². The summed E-state index contributed by atoms with van der Waals surface area (Å²) >= 11 is 0. The second kappa shape index (κ2) is 6.39. The quantitative estimate of drug-likeness (QED) is 0.596. The number of carbonyl (C=O) groups is 1. The summed E-state index contributed by atoms with van der Waals surface area (Å²) in [5, 5.41) is 0. The van der Waals surface area contributed by atoms with Crippen molar-refractivity contribution in [1.82, 2.24) is 0 Å². The lowest BCUT2D eigenvalue weighted by Crippen LogP contribution is -2.19. The number of hydrogen-bond donors (Lipinski definition) is 0. The summed E-state index contributed by atoms with van der Waals surface area (Å²) in [7, 11) is 0. The maximum Gasteiger partial charge on any atom is 0.330 e. The van der Waals surface area contributed by atoms with E-state index >= 15 is 0 Å². The van der Waals surface area contributed by atoms with E-state index in [2.05, 4.69) is 36.9 Å². The number of hydrogen-bond acceptors (Lipinski definition) is 2. The number of esters is 1. The van der Waals surface area contributed by atoms with Gasteiger partial charge in [0.1, 0.15) is 0 Å². The van der Waals surface area contributed by atoms with Gasteiger partial charge in [-0.05, 0) is 43.1 Å². The summed E-state index contributed by atoms with van der Waals surface area (Å²) in [4.78, 5) is 11.0. The Morgan fingerprint density at radius 2 is 1.89 bits per heavy atom. The third-order valence-electron chi connectivity index (χ3n) is 3.75. The van der Waals surface area contributed by atoms with Crippen LogP contribution in [0.25, 0.3) is 0 Å². The van der Waals surface area contributed by atoms with Crippen molar-refractivity contribution >= 4 is 5.97 Å². The maximum atomic E-state index is 11.0. The van der Waals surface area contributed by atoms with Gasteiger partial charge in [0.2, 0.25) is 0 Å². The van der Waals surface area contributed by atoms with Gasteiger partial charge in [-0.1, -0.05) is 36.9 Å². The molecule has 0 heterocycles. The first-order valence-corrected chi connectivity index (χ1v) is 6.63. The van der Waals surface area contributed by atoms with Crippen molar-refractivity contribution in [2.75, 3.05) is 6.61 Å². The summed E-state index contributed by atoms with van der Waals surface area (Å²) < 4.78 is 5.11. The highest BCUT2D eigenvalue weighted by Gasteiger charge is 2.22. The SMILES string of the molecule is C=CC(=O)OCC1CCC(c2ccccc2)CC1. The van der Waals surface area contributed by atoms with Crippen molar-refractivity contribution in [3.05, 3.63) is 48.6 Å². The van der Waals surface area contributed by atoms with Crippen LogP contribution in [0.1, 0.15) is 37.2 Å². The molecule has 0 N–H and O–H groups in total. The molecule has 0 amide bonds. The fourth-order valence-electron chi connectivity index (χ4n) is 2.65. The lowest BCUT2D eigenvalue weighted by molar-refractivity contribution is -0.139. The van der Waals surface area contributed by atoms with Crippen LogP contribution < -0.4 is 0 Å². The van der Waals surface area contributed by atoms with Crippen LogP contribution in [0.4, 0.5) is 0 Å². The van der Waals surface area contributed by atoms with E-state index in [1.54, 1.807) is 0 Å². The Kier molecular flexibility index (Phi) is 4.57. The second-order valence-electron chi connectivity index (χ2n) is 4.96. The summed E-state index contributed by atoms with van der Waals surface area (Å²) in [5.41, 5.74) is 1.44. The largest absolute Gasteiger partial charge is 0.462 e. The zero-order valence-corrected chi connectivity index (χ0v) is 10.7. The molecule has 0 spiro atoms. The van der Waals surface area contributed by atoms with Gasteiger partial charge in [0.25, 0.3) is 0 Å². The molecule has 1 aromatic rings. The monoisotopic (exact) mass is 244 g/mol. The van der Waals surface area contributed by atoms with Crippen LogP contribution >= 0.6 is 0 Å². The van der Waals surface area contributed by atoms with Crippen molar-refractivity contribution in [3.8, 4) is 0 Å². The topological polar surface area (TPSA) is 26.3 Å². The van der Waals surface area contributed by atoms with Gasteiger partial charge in [0, 0.05) is 6.08 Å². The summed E-state index contributed by atoms with van der Waals surface area (Å²) in [5.74, 6) is 0.895. The van der Waals surface area contributed by atoms with Crippen molar-refractivity contribution in [3.63, 3.8) is 0 Å². The highest BCUT2D eigenvalue weighted by atomic mass is 16.5. The molecule has 0 bridgehead atoms. The molecule has 0 atom stereocenters. The maximum absolute atomic E-state index is 11.0. The van der Waals surface area contributed by atoms with Crippen LogP contribution in [-0.4, -0.2) is 12.6 Å². The number of carbonyl (C=O) groups excluding carboxylic acids is 1. The van der Waals surface area contributed by atoms with E-state index in [4.69, 9.17) is 4.74 Å². The third-order valence-corrected chi connectivity index (χ3v) is 3.75. The fourth-order valence-corrected chi connectivity index (χ4v) is 2.65. The average Bonchev–Trinajstić information content (AvgIpc) is 2.46. The summed E-state index contributed by atoms with van der Waals surface area (Å²) in [6, 6.07) is 10.7. The molecule has 0 aromatic heterocycles. The molecule has 2 heteroatoms. The minimum absolute atomic E-state index is 0.305. The average molecular weight is 244 g/mol. The standard InChI is InChI=1S/C16H20O2/c1-2-16(17)18-12-13-8-10-15(11-9-13)14-6-4-3-5-7-14/h2-7,13,15H,1,8-12H2. The molecule has 2 rings (SSSR count). The fraction of sp³-hybridized carbons (Fsp3) is 0.438. The molecule has 0 aliphatic heterocycles. The number of ether oxygens (including phenoxy) is 1. The van der Waals surface area contributed by atoms with Crippen molar-refractivity contribution in [2.45, 2.75) is 31.6 Å². The van der Waals surface area contributed by atoms with Crippen LogP contribution in [-0.2, 0) is 9.53 Å². The normalized spacial score (nSPS) is 23.3. The Balaban J connectivity index is 1.78. The Morgan fingerprint density at radius 3 is 2.50 bits per heavy atom. The van der Waals surface area contributed by atoms with Crippen LogP contribution in [0.5, 0.6) is 0 Å². The molecule has 1 aliphatic carbocycles. The summed E-state index contributed by atoms with van der Waals surface area (Å²) in [6.07, 6.45) is 5.91. The van der Waals surface area contributed by atoms with Gasteiger partial charge >= 0.3 is 5.97 Å². The molecule has 0 radical (unpaired) electrons. The van der Waals surface area contributed by atoms with Gasteiger partial charge in [-0.3, -0.25) is 0 Å². The first-order chi connectivity index (χ1) is 8.79.